The molecule has 0 aromatic rings. The first-order valence-corrected chi connectivity index (χ1v) is 31.6. The Morgan fingerprint density at radius 2 is 0.542 bits per heavy atom. The zero-order valence-electron chi connectivity index (χ0n) is 48.2. The lowest BCUT2D eigenvalue weighted by atomic mass is 10.0. The first kappa shape index (κ1) is 69.4. The summed E-state index contributed by atoms with van der Waals surface area (Å²) in [5, 5.41) is 0. The van der Waals surface area contributed by atoms with Crippen molar-refractivity contribution in [2.45, 2.75) is 341 Å². The molecular weight excluding hydrogens is 889 g/mol. The second-order valence-corrected chi connectivity index (χ2v) is 21.3. The van der Waals surface area contributed by atoms with Crippen molar-refractivity contribution in [3.05, 3.63) is 48.6 Å². The number of hydrogen-bond donors (Lipinski definition) is 0. The van der Waals surface area contributed by atoms with E-state index in [0.717, 1.165) is 83.5 Å². The monoisotopic (exact) mass is 1010 g/mol. The minimum atomic E-state index is -0.787. The smallest absolute Gasteiger partial charge is 0.306 e. The van der Waals surface area contributed by atoms with Crippen LogP contribution in [0.15, 0.2) is 48.6 Å². The quantitative estimate of drug-likeness (QED) is 0.0261. The highest BCUT2D eigenvalue weighted by Gasteiger charge is 2.19. The maximum absolute atomic E-state index is 12.9. The highest BCUT2D eigenvalue weighted by Crippen LogP contribution is 2.18. The first-order chi connectivity index (χ1) is 35.5. The first-order valence-electron chi connectivity index (χ1n) is 31.6. The van der Waals surface area contributed by atoms with Gasteiger partial charge < -0.3 is 14.2 Å². The van der Waals surface area contributed by atoms with Crippen molar-refractivity contribution < 1.29 is 28.6 Å². The van der Waals surface area contributed by atoms with Crippen LogP contribution in [0, 0.1) is 0 Å². The van der Waals surface area contributed by atoms with Crippen molar-refractivity contribution in [3.8, 4) is 0 Å². The fourth-order valence-electron chi connectivity index (χ4n) is 9.38. The fourth-order valence-corrected chi connectivity index (χ4v) is 9.38. The van der Waals surface area contributed by atoms with Gasteiger partial charge in [-0.15, -0.1) is 0 Å². The van der Waals surface area contributed by atoms with Gasteiger partial charge in [-0.25, -0.2) is 0 Å². The van der Waals surface area contributed by atoms with Gasteiger partial charge >= 0.3 is 17.9 Å². The number of carbonyl (C=O) groups excluding carboxylic acids is 3. The van der Waals surface area contributed by atoms with Crippen molar-refractivity contribution >= 4 is 17.9 Å². The van der Waals surface area contributed by atoms with E-state index >= 15 is 0 Å². The summed E-state index contributed by atoms with van der Waals surface area (Å²) in [7, 11) is 0. The molecule has 0 saturated heterocycles. The molecule has 0 spiro atoms. The van der Waals surface area contributed by atoms with Crippen molar-refractivity contribution in [1.82, 2.24) is 0 Å². The number of esters is 3. The lowest BCUT2D eigenvalue weighted by molar-refractivity contribution is -0.167. The Kier molecular flexibility index (Phi) is 58.7. The van der Waals surface area contributed by atoms with Gasteiger partial charge in [0.2, 0.25) is 0 Å². The van der Waals surface area contributed by atoms with E-state index in [4.69, 9.17) is 14.2 Å². The lowest BCUT2D eigenvalue weighted by Crippen LogP contribution is -2.30. The Bertz CT molecular complexity index is 1250. The maximum atomic E-state index is 12.9. The molecular formula is C66H120O6. The van der Waals surface area contributed by atoms with Crippen molar-refractivity contribution in [2.24, 2.45) is 0 Å². The summed E-state index contributed by atoms with van der Waals surface area (Å²) in [5.41, 5.74) is 0. The van der Waals surface area contributed by atoms with E-state index in [9.17, 15) is 14.4 Å². The van der Waals surface area contributed by atoms with Gasteiger partial charge in [0, 0.05) is 19.3 Å². The van der Waals surface area contributed by atoms with Gasteiger partial charge in [0.1, 0.15) is 13.2 Å². The van der Waals surface area contributed by atoms with Gasteiger partial charge in [0.15, 0.2) is 6.10 Å². The van der Waals surface area contributed by atoms with Crippen LogP contribution in [-0.4, -0.2) is 37.2 Å². The van der Waals surface area contributed by atoms with Crippen molar-refractivity contribution in [2.75, 3.05) is 13.2 Å². The molecule has 0 heterocycles. The van der Waals surface area contributed by atoms with Crippen LogP contribution in [0.25, 0.3) is 0 Å². The molecule has 6 heteroatoms. The third-order valence-corrected chi connectivity index (χ3v) is 14.1. The van der Waals surface area contributed by atoms with Crippen LogP contribution in [0.3, 0.4) is 0 Å². The molecule has 420 valence electrons. The molecule has 1 atom stereocenters. The molecule has 0 rings (SSSR count). The molecule has 0 bridgehead atoms. The predicted molar refractivity (Wildman–Crippen MR) is 312 cm³/mol. The molecule has 0 aliphatic carbocycles. The zero-order valence-corrected chi connectivity index (χ0v) is 48.2. The zero-order chi connectivity index (χ0) is 52.2. The summed E-state index contributed by atoms with van der Waals surface area (Å²) >= 11 is 0. The Morgan fingerprint density at radius 3 is 0.847 bits per heavy atom. The lowest BCUT2D eigenvalue weighted by Gasteiger charge is -2.18. The van der Waals surface area contributed by atoms with Gasteiger partial charge in [-0.2, -0.15) is 0 Å². The van der Waals surface area contributed by atoms with Crippen LogP contribution in [-0.2, 0) is 28.6 Å². The Morgan fingerprint density at radius 1 is 0.292 bits per heavy atom. The average Bonchev–Trinajstić information content (AvgIpc) is 3.38. The van der Waals surface area contributed by atoms with E-state index in [1.807, 2.05) is 0 Å². The Hall–Kier alpha value is -2.63. The van der Waals surface area contributed by atoms with E-state index in [0.29, 0.717) is 19.3 Å². The second-order valence-electron chi connectivity index (χ2n) is 21.3. The number of allylic oxidation sites excluding steroid dienone is 8. The number of carbonyl (C=O) groups is 3. The summed E-state index contributed by atoms with van der Waals surface area (Å²) in [5.74, 6) is -0.902. The minimum Gasteiger partial charge on any atom is -0.462 e. The highest BCUT2D eigenvalue weighted by molar-refractivity contribution is 5.71. The summed E-state index contributed by atoms with van der Waals surface area (Å²) in [6, 6.07) is 0. The summed E-state index contributed by atoms with van der Waals surface area (Å²) in [4.78, 5) is 38.3. The van der Waals surface area contributed by atoms with Crippen LogP contribution >= 0.6 is 0 Å². The van der Waals surface area contributed by atoms with Crippen LogP contribution in [0.5, 0.6) is 0 Å². The standard InChI is InChI=1S/C66H120O6/c1-4-7-10-13-16-19-22-25-28-30-32-33-34-36-38-41-44-47-50-53-56-59-65(68)71-62-63(61-70-64(67)58-55-52-49-46-43-40-37-27-24-21-18-15-12-9-6-3)72-66(69)60-57-54-51-48-45-42-39-35-31-29-26-23-20-17-14-11-8-5-2/h9,12,18,21,27,37,43,46,63H,4-8,10-11,13-17,19-20,22-26,28-36,38-42,44-45,47-62H2,1-3H3/b12-9-,21-18-,37-27-,46-43-. The molecule has 72 heavy (non-hydrogen) atoms. The van der Waals surface area contributed by atoms with Gasteiger partial charge in [-0.3, -0.25) is 14.4 Å². The van der Waals surface area contributed by atoms with E-state index in [1.54, 1.807) is 0 Å². The van der Waals surface area contributed by atoms with Crippen LogP contribution in [0.4, 0.5) is 0 Å². The summed E-state index contributed by atoms with van der Waals surface area (Å²) in [6.07, 6.45) is 75.5. The molecule has 0 aromatic carbocycles. The third kappa shape index (κ3) is 58.3. The number of unbranched alkanes of at least 4 members (excludes halogenated alkanes) is 39. The Balaban J connectivity index is 4.34. The van der Waals surface area contributed by atoms with Crippen LogP contribution in [0.1, 0.15) is 335 Å². The van der Waals surface area contributed by atoms with Gasteiger partial charge in [-0.1, -0.05) is 307 Å². The van der Waals surface area contributed by atoms with Gasteiger partial charge in [0.25, 0.3) is 0 Å². The molecule has 6 nitrogen and oxygen atoms in total. The normalized spacial score (nSPS) is 12.3. The number of rotatable bonds is 58. The summed E-state index contributed by atoms with van der Waals surface area (Å²) in [6.45, 7) is 6.55. The minimum absolute atomic E-state index is 0.0813. The highest BCUT2D eigenvalue weighted by atomic mass is 16.6. The predicted octanol–water partition coefficient (Wildman–Crippen LogP) is 21.4. The Labute approximate surface area is 448 Å². The van der Waals surface area contributed by atoms with Crippen LogP contribution in [0.2, 0.25) is 0 Å². The molecule has 0 aliphatic rings. The molecule has 0 N–H and O–H groups in total. The molecule has 0 saturated carbocycles. The fraction of sp³-hybridized carbons (Fsp3) is 0.833. The molecule has 0 fully saturated rings. The maximum Gasteiger partial charge on any atom is 0.306 e. The average molecular weight is 1010 g/mol. The van der Waals surface area contributed by atoms with Gasteiger partial charge in [-0.05, 0) is 57.8 Å². The number of hydrogen-bond acceptors (Lipinski definition) is 6. The van der Waals surface area contributed by atoms with E-state index in [2.05, 4.69) is 69.4 Å². The molecule has 1 unspecified atom stereocenters. The topological polar surface area (TPSA) is 78.9 Å². The van der Waals surface area contributed by atoms with Crippen molar-refractivity contribution in [1.29, 1.82) is 0 Å². The summed E-state index contributed by atoms with van der Waals surface area (Å²) < 4.78 is 16.9. The van der Waals surface area contributed by atoms with E-state index in [-0.39, 0.29) is 31.1 Å². The van der Waals surface area contributed by atoms with E-state index in [1.165, 1.54) is 212 Å². The second kappa shape index (κ2) is 60.9. The van der Waals surface area contributed by atoms with Gasteiger partial charge in [0.05, 0.1) is 0 Å². The SMILES string of the molecule is CC/C=C\C/C=C\C/C=C\C/C=C\CCCCC(=O)OCC(COC(=O)CCCCCCCCCCCCCCCCCCCCCCC)OC(=O)CCCCCCCCCCCCCCCCCCCC. The third-order valence-electron chi connectivity index (χ3n) is 14.1. The van der Waals surface area contributed by atoms with Crippen molar-refractivity contribution in [3.63, 3.8) is 0 Å². The van der Waals surface area contributed by atoms with Crippen LogP contribution < -0.4 is 0 Å². The molecule has 0 amide bonds. The molecule has 0 aromatic heterocycles. The molecule has 0 aliphatic heterocycles. The molecule has 0 radical (unpaired) electrons. The van der Waals surface area contributed by atoms with E-state index < -0.39 is 6.10 Å². The number of ether oxygens (including phenoxy) is 3. The largest absolute Gasteiger partial charge is 0.462 e.